The van der Waals surface area contributed by atoms with E-state index in [1.165, 1.54) is 22.0 Å². The molecule has 0 fully saturated rings. The second kappa shape index (κ2) is 11.1. The normalized spacial score (nSPS) is 12.2. The molecule has 0 aliphatic rings. The van der Waals surface area contributed by atoms with Crippen molar-refractivity contribution in [2.75, 3.05) is 0 Å². The molecule has 0 spiro atoms. The van der Waals surface area contributed by atoms with Crippen LogP contribution in [0.4, 0.5) is 4.79 Å². The van der Waals surface area contributed by atoms with Crippen LogP contribution < -0.4 is 5.32 Å². The van der Waals surface area contributed by atoms with E-state index in [4.69, 9.17) is 4.74 Å². The van der Waals surface area contributed by atoms with E-state index >= 15 is 0 Å². The van der Waals surface area contributed by atoms with Crippen LogP contribution >= 0.6 is 11.8 Å². The summed E-state index contributed by atoms with van der Waals surface area (Å²) in [7, 11) is 0. The second-order valence-electron chi connectivity index (χ2n) is 8.63. The van der Waals surface area contributed by atoms with Crippen LogP contribution in [0.1, 0.15) is 45.2 Å². The fraction of sp³-hybridized carbons (Fsp3) is 0.375. The van der Waals surface area contributed by atoms with Crippen molar-refractivity contribution in [3.05, 3.63) is 65.7 Å². The van der Waals surface area contributed by atoms with E-state index in [1.807, 2.05) is 49.4 Å². The molecule has 9 heteroatoms. The summed E-state index contributed by atoms with van der Waals surface area (Å²) in [6, 6.07) is 16.9. The quantitative estimate of drug-likeness (QED) is 0.498. The van der Waals surface area contributed by atoms with Gasteiger partial charge in [-0.15, -0.1) is 5.10 Å². The van der Waals surface area contributed by atoms with Gasteiger partial charge in [0, 0.05) is 4.90 Å². The Morgan fingerprint density at radius 3 is 2.42 bits per heavy atom. The number of alkyl carbamates (subject to hydrolysis) is 1. The van der Waals surface area contributed by atoms with Gasteiger partial charge >= 0.3 is 6.09 Å². The van der Waals surface area contributed by atoms with Crippen molar-refractivity contribution in [3.63, 3.8) is 0 Å². The van der Waals surface area contributed by atoms with Gasteiger partial charge in [0.1, 0.15) is 13.2 Å². The van der Waals surface area contributed by atoms with E-state index in [2.05, 4.69) is 53.7 Å². The zero-order chi connectivity index (χ0) is 23.8. The second-order valence-corrected chi connectivity index (χ2v) is 9.67. The lowest BCUT2D eigenvalue weighted by atomic mass is 9.87. The minimum Gasteiger partial charge on any atom is -0.445 e. The smallest absolute Gasteiger partial charge is 0.408 e. The average molecular weight is 468 g/mol. The largest absolute Gasteiger partial charge is 0.445 e. The van der Waals surface area contributed by atoms with Crippen molar-refractivity contribution in [1.82, 2.24) is 25.5 Å². The predicted octanol–water partition coefficient (Wildman–Crippen LogP) is 4.40. The van der Waals surface area contributed by atoms with Gasteiger partial charge in [-0.05, 0) is 57.3 Å². The van der Waals surface area contributed by atoms with E-state index in [-0.39, 0.29) is 24.3 Å². The summed E-state index contributed by atoms with van der Waals surface area (Å²) in [5.74, 6) is -0.202. The number of benzene rings is 2. The van der Waals surface area contributed by atoms with Crippen LogP contribution in [0, 0.1) is 0 Å². The topological polar surface area (TPSA) is 99.0 Å². The first-order valence-corrected chi connectivity index (χ1v) is 11.6. The van der Waals surface area contributed by atoms with Gasteiger partial charge in [0.05, 0.1) is 6.04 Å². The van der Waals surface area contributed by atoms with Crippen LogP contribution in [-0.4, -0.2) is 38.1 Å². The number of carbonyl (C=O) groups is 2. The maximum atomic E-state index is 12.8. The Hall–Kier alpha value is -3.20. The number of ketones is 1. The lowest BCUT2D eigenvalue weighted by molar-refractivity contribution is -0.122. The van der Waals surface area contributed by atoms with E-state index in [1.54, 1.807) is 0 Å². The van der Waals surface area contributed by atoms with Gasteiger partial charge in [0.25, 0.3) is 0 Å². The molecule has 8 nitrogen and oxygen atoms in total. The average Bonchev–Trinajstić information content (AvgIpc) is 3.22. The molecule has 0 saturated heterocycles. The minimum atomic E-state index is -0.693. The lowest BCUT2D eigenvalue weighted by Crippen LogP contribution is -2.42. The number of amides is 1. The number of aromatic nitrogens is 4. The summed E-state index contributed by atoms with van der Waals surface area (Å²) in [6.45, 7) is 8.41. The Bertz CT molecular complexity index is 1060. The molecule has 1 aromatic heterocycles. The van der Waals surface area contributed by atoms with E-state index in [0.29, 0.717) is 11.6 Å². The van der Waals surface area contributed by atoms with Crippen molar-refractivity contribution in [2.45, 2.75) is 68.8 Å². The minimum absolute atomic E-state index is 0.0487. The fourth-order valence-corrected chi connectivity index (χ4v) is 3.84. The summed E-state index contributed by atoms with van der Waals surface area (Å²) in [4.78, 5) is 26.0. The standard InChI is InChI=1S/C24H29N5O3S/c1-5-20(25-23(31)32-16-17-9-7-6-8-10-17)21(30)15-29-22(26-27-28-29)33-19-13-11-18(12-14-19)24(2,3)4/h6-14,20H,5,15-16H2,1-4H3,(H,25,31). The van der Waals surface area contributed by atoms with Gasteiger partial charge in [0.2, 0.25) is 5.16 Å². The molecule has 3 aromatic rings. The first-order chi connectivity index (χ1) is 15.8. The molecule has 0 bridgehead atoms. The summed E-state index contributed by atoms with van der Waals surface area (Å²) in [5, 5.41) is 14.9. The lowest BCUT2D eigenvalue weighted by Gasteiger charge is -2.19. The molecule has 1 unspecified atom stereocenters. The molecular weight excluding hydrogens is 438 g/mol. The fourth-order valence-electron chi connectivity index (χ4n) is 3.07. The molecule has 3 rings (SSSR count). The SMILES string of the molecule is CCC(NC(=O)OCc1ccccc1)C(=O)Cn1nnnc1Sc1ccc(C(C)(C)C)cc1. The molecule has 2 aromatic carbocycles. The molecular formula is C24H29N5O3S. The van der Waals surface area contributed by atoms with Crippen LogP contribution in [0.3, 0.4) is 0 Å². The molecule has 0 radical (unpaired) electrons. The molecule has 1 N–H and O–H groups in total. The van der Waals surface area contributed by atoms with Gasteiger partial charge in [-0.3, -0.25) is 4.79 Å². The molecule has 33 heavy (non-hydrogen) atoms. The summed E-state index contributed by atoms with van der Waals surface area (Å²) in [5.41, 5.74) is 2.18. The van der Waals surface area contributed by atoms with Gasteiger partial charge in [-0.25, -0.2) is 9.48 Å². The van der Waals surface area contributed by atoms with E-state index in [0.717, 1.165) is 10.5 Å². The maximum Gasteiger partial charge on any atom is 0.408 e. The van der Waals surface area contributed by atoms with Gasteiger partial charge < -0.3 is 10.1 Å². The van der Waals surface area contributed by atoms with Crippen molar-refractivity contribution >= 4 is 23.6 Å². The molecule has 1 amide bonds. The highest BCUT2D eigenvalue weighted by atomic mass is 32.2. The van der Waals surface area contributed by atoms with Crippen molar-refractivity contribution in [3.8, 4) is 0 Å². The monoisotopic (exact) mass is 467 g/mol. The molecule has 0 aliphatic carbocycles. The highest BCUT2D eigenvalue weighted by Gasteiger charge is 2.22. The molecule has 1 atom stereocenters. The first-order valence-electron chi connectivity index (χ1n) is 10.8. The number of rotatable bonds is 9. The summed E-state index contributed by atoms with van der Waals surface area (Å²) >= 11 is 1.38. The zero-order valence-electron chi connectivity index (χ0n) is 19.3. The first kappa shape index (κ1) is 24.4. The molecule has 1 heterocycles. The van der Waals surface area contributed by atoms with Crippen molar-refractivity contribution < 1.29 is 14.3 Å². The van der Waals surface area contributed by atoms with Crippen LogP contribution in [0.2, 0.25) is 0 Å². The molecule has 0 saturated carbocycles. The third-order valence-electron chi connectivity index (χ3n) is 5.04. The number of nitrogens with one attached hydrogen (secondary N) is 1. The van der Waals surface area contributed by atoms with Crippen LogP contribution in [0.5, 0.6) is 0 Å². The number of Topliss-reactive ketones (excluding diaryl/α,β-unsaturated/α-hetero) is 1. The third kappa shape index (κ3) is 7.15. The number of hydrogen-bond acceptors (Lipinski definition) is 7. The number of hydrogen-bond donors (Lipinski definition) is 1. The van der Waals surface area contributed by atoms with Gasteiger partial charge in [-0.1, -0.05) is 70.2 Å². The Balaban J connectivity index is 1.57. The maximum absolute atomic E-state index is 12.8. The predicted molar refractivity (Wildman–Crippen MR) is 126 cm³/mol. The van der Waals surface area contributed by atoms with Gasteiger partial charge in [-0.2, -0.15) is 0 Å². The Labute approximate surface area is 198 Å². The van der Waals surface area contributed by atoms with E-state index < -0.39 is 12.1 Å². The Kier molecular flexibility index (Phi) is 8.21. The Morgan fingerprint density at radius 2 is 1.79 bits per heavy atom. The number of carbonyl (C=O) groups excluding carboxylic acids is 2. The number of nitrogens with zero attached hydrogens (tertiary/aromatic N) is 4. The van der Waals surface area contributed by atoms with Crippen LogP contribution in [0.15, 0.2) is 64.6 Å². The van der Waals surface area contributed by atoms with E-state index in [9.17, 15) is 9.59 Å². The highest BCUT2D eigenvalue weighted by Crippen LogP contribution is 2.29. The van der Waals surface area contributed by atoms with Crippen molar-refractivity contribution in [2.24, 2.45) is 0 Å². The number of tetrazole rings is 1. The van der Waals surface area contributed by atoms with Crippen LogP contribution in [-0.2, 0) is 28.1 Å². The highest BCUT2D eigenvalue weighted by molar-refractivity contribution is 7.99. The summed E-state index contributed by atoms with van der Waals surface area (Å²) < 4.78 is 6.68. The molecule has 174 valence electrons. The zero-order valence-corrected chi connectivity index (χ0v) is 20.1. The number of ether oxygens (including phenoxy) is 1. The summed E-state index contributed by atoms with van der Waals surface area (Å²) in [6.07, 6.45) is -0.206. The van der Waals surface area contributed by atoms with Crippen LogP contribution in [0.25, 0.3) is 0 Å². The Morgan fingerprint density at radius 1 is 1.09 bits per heavy atom. The third-order valence-corrected chi connectivity index (χ3v) is 6.02. The van der Waals surface area contributed by atoms with Crippen molar-refractivity contribution in [1.29, 1.82) is 0 Å². The van der Waals surface area contributed by atoms with Gasteiger partial charge in [0.15, 0.2) is 5.78 Å². The molecule has 0 aliphatic heterocycles.